The molecule has 0 radical (unpaired) electrons. The third-order valence-electron chi connectivity index (χ3n) is 4.29. The highest BCUT2D eigenvalue weighted by Gasteiger charge is 2.23. The minimum atomic E-state index is -3.94. The van der Waals surface area contributed by atoms with Crippen molar-refractivity contribution >= 4 is 27.5 Å². The van der Waals surface area contributed by atoms with E-state index in [2.05, 4.69) is 5.10 Å². The SMILES string of the molecule is Cc1ccc(S(=O)(=O)/C(C#N)=C/c2c(C)nn(Cc3ccccc3)c2Cl)cc1. The lowest BCUT2D eigenvalue weighted by Gasteiger charge is -2.05. The highest BCUT2D eigenvalue weighted by Crippen LogP contribution is 2.27. The summed E-state index contributed by atoms with van der Waals surface area (Å²) >= 11 is 6.45. The number of allylic oxidation sites excluding steroid dienone is 1. The molecule has 0 aliphatic heterocycles. The van der Waals surface area contributed by atoms with Crippen molar-refractivity contribution in [1.82, 2.24) is 9.78 Å². The summed E-state index contributed by atoms with van der Waals surface area (Å²) in [6.45, 7) is 4.04. The number of nitriles is 1. The number of sulfone groups is 1. The molecule has 1 aromatic heterocycles. The molecular weight excluding hydrogens is 394 g/mol. The first-order valence-corrected chi connectivity index (χ1v) is 10.4. The van der Waals surface area contributed by atoms with Crippen LogP contribution in [0, 0.1) is 25.2 Å². The van der Waals surface area contributed by atoms with E-state index in [1.54, 1.807) is 29.8 Å². The average molecular weight is 412 g/mol. The number of rotatable bonds is 5. The minimum Gasteiger partial charge on any atom is -0.249 e. The molecule has 142 valence electrons. The van der Waals surface area contributed by atoms with Gasteiger partial charge in [-0.05, 0) is 37.6 Å². The van der Waals surface area contributed by atoms with Crippen LogP contribution in [0.5, 0.6) is 0 Å². The summed E-state index contributed by atoms with van der Waals surface area (Å²) in [5.74, 6) is 0. The summed E-state index contributed by atoms with van der Waals surface area (Å²) in [5, 5.41) is 14.2. The Kier molecular flexibility index (Phi) is 5.68. The predicted octanol–water partition coefficient (Wildman–Crippen LogP) is 4.54. The molecule has 0 saturated carbocycles. The summed E-state index contributed by atoms with van der Waals surface area (Å²) in [4.78, 5) is -0.308. The molecule has 0 spiro atoms. The van der Waals surface area contributed by atoms with E-state index in [0.29, 0.717) is 17.8 Å². The molecule has 7 heteroatoms. The van der Waals surface area contributed by atoms with Crippen LogP contribution in [0.4, 0.5) is 0 Å². The largest absolute Gasteiger partial charge is 0.249 e. The summed E-state index contributed by atoms with van der Waals surface area (Å²) in [6, 6.07) is 17.8. The van der Waals surface area contributed by atoms with E-state index in [0.717, 1.165) is 11.1 Å². The molecule has 0 bridgehead atoms. The Hall–Kier alpha value is -2.88. The van der Waals surface area contributed by atoms with Crippen LogP contribution >= 0.6 is 11.6 Å². The van der Waals surface area contributed by atoms with Crippen LogP contribution in [0.1, 0.15) is 22.4 Å². The van der Waals surface area contributed by atoms with Gasteiger partial charge in [0.2, 0.25) is 9.84 Å². The van der Waals surface area contributed by atoms with Crippen molar-refractivity contribution in [3.8, 4) is 6.07 Å². The fraction of sp³-hybridized carbons (Fsp3) is 0.143. The van der Waals surface area contributed by atoms with E-state index in [4.69, 9.17) is 11.6 Å². The van der Waals surface area contributed by atoms with E-state index >= 15 is 0 Å². The Balaban J connectivity index is 2.01. The molecule has 3 aromatic rings. The lowest BCUT2D eigenvalue weighted by molar-refractivity contribution is 0.603. The first kappa shape index (κ1) is 19.9. The van der Waals surface area contributed by atoms with Gasteiger partial charge in [0.05, 0.1) is 17.1 Å². The zero-order valence-electron chi connectivity index (χ0n) is 15.4. The van der Waals surface area contributed by atoms with E-state index < -0.39 is 9.84 Å². The van der Waals surface area contributed by atoms with Gasteiger partial charge in [0.15, 0.2) is 0 Å². The Morgan fingerprint density at radius 1 is 1.14 bits per heavy atom. The molecule has 2 aromatic carbocycles. The fourth-order valence-corrected chi connectivity index (χ4v) is 4.17. The van der Waals surface area contributed by atoms with Crippen molar-refractivity contribution in [2.45, 2.75) is 25.3 Å². The zero-order valence-corrected chi connectivity index (χ0v) is 17.0. The third kappa shape index (κ3) is 4.01. The quantitative estimate of drug-likeness (QED) is 0.577. The van der Waals surface area contributed by atoms with Crippen LogP contribution in [0.15, 0.2) is 64.4 Å². The van der Waals surface area contributed by atoms with Crippen LogP contribution in [-0.4, -0.2) is 18.2 Å². The molecule has 0 aliphatic carbocycles. The standard InChI is InChI=1S/C21H18ClN3O2S/c1-15-8-10-18(11-9-15)28(26,27)19(13-23)12-20-16(2)24-25(21(20)22)14-17-6-4-3-5-7-17/h3-12H,14H2,1-2H3/b19-12+. The summed E-state index contributed by atoms with van der Waals surface area (Å²) in [7, 11) is -3.94. The van der Waals surface area contributed by atoms with Crippen LogP contribution in [0.3, 0.4) is 0 Å². The van der Waals surface area contributed by atoms with Crippen LogP contribution in [0.25, 0.3) is 6.08 Å². The molecule has 0 N–H and O–H groups in total. The second kappa shape index (κ2) is 8.01. The van der Waals surface area contributed by atoms with Crippen molar-refractivity contribution in [1.29, 1.82) is 5.26 Å². The summed E-state index contributed by atoms with van der Waals surface area (Å²) in [6.07, 6.45) is 1.29. The molecule has 1 heterocycles. The van der Waals surface area contributed by atoms with Gasteiger partial charge in [-0.2, -0.15) is 10.4 Å². The third-order valence-corrected chi connectivity index (χ3v) is 6.37. The van der Waals surface area contributed by atoms with Crippen LogP contribution < -0.4 is 0 Å². The maximum atomic E-state index is 12.8. The van der Waals surface area contributed by atoms with Crippen molar-refractivity contribution in [2.75, 3.05) is 0 Å². The van der Waals surface area contributed by atoms with Gasteiger partial charge in [0.25, 0.3) is 0 Å². The molecule has 0 saturated heterocycles. The van der Waals surface area contributed by atoms with Crippen molar-refractivity contribution in [2.24, 2.45) is 0 Å². The number of nitrogens with zero attached hydrogens (tertiary/aromatic N) is 3. The van der Waals surface area contributed by atoms with E-state index in [1.165, 1.54) is 18.2 Å². The normalized spacial score (nSPS) is 12.0. The molecular formula is C21H18ClN3O2S. The van der Waals surface area contributed by atoms with Gasteiger partial charge < -0.3 is 0 Å². The van der Waals surface area contributed by atoms with E-state index in [1.807, 2.05) is 37.3 Å². The molecule has 0 amide bonds. The molecule has 0 aliphatic rings. The molecule has 5 nitrogen and oxygen atoms in total. The monoisotopic (exact) mass is 411 g/mol. The molecule has 0 fully saturated rings. The zero-order chi connectivity index (χ0) is 20.3. The first-order chi connectivity index (χ1) is 13.3. The molecule has 28 heavy (non-hydrogen) atoms. The van der Waals surface area contributed by atoms with Gasteiger partial charge in [0.1, 0.15) is 16.1 Å². The number of aromatic nitrogens is 2. The fourth-order valence-electron chi connectivity index (χ4n) is 2.74. The highest BCUT2D eigenvalue weighted by atomic mass is 35.5. The Morgan fingerprint density at radius 2 is 1.79 bits per heavy atom. The van der Waals surface area contributed by atoms with Gasteiger partial charge in [0, 0.05) is 5.56 Å². The van der Waals surface area contributed by atoms with Crippen molar-refractivity contribution < 1.29 is 8.42 Å². The Labute approximate surface area is 169 Å². The lowest BCUT2D eigenvalue weighted by Crippen LogP contribution is -2.04. The second-order valence-electron chi connectivity index (χ2n) is 6.37. The van der Waals surface area contributed by atoms with Gasteiger partial charge >= 0.3 is 0 Å². The van der Waals surface area contributed by atoms with E-state index in [9.17, 15) is 13.7 Å². The molecule has 3 rings (SSSR count). The molecule has 0 unspecified atom stereocenters. The van der Waals surface area contributed by atoms with Gasteiger partial charge in [-0.25, -0.2) is 13.1 Å². The number of hydrogen-bond acceptors (Lipinski definition) is 4. The lowest BCUT2D eigenvalue weighted by atomic mass is 10.2. The number of halogens is 1. The second-order valence-corrected chi connectivity index (χ2v) is 8.65. The van der Waals surface area contributed by atoms with Crippen LogP contribution in [-0.2, 0) is 16.4 Å². The van der Waals surface area contributed by atoms with Crippen molar-refractivity contribution in [3.63, 3.8) is 0 Å². The Morgan fingerprint density at radius 3 is 2.39 bits per heavy atom. The van der Waals surface area contributed by atoms with Gasteiger partial charge in [-0.15, -0.1) is 0 Å². The topological polar surface area (TPSA) is 75.8 Å². The smallest absolute Gasteiger partial charge is 0.216 e. The highest BCUT2D eigenvalue weighted by molar-refractivity contribution is 7.95. The molecule has 0 atom stereocenters. The number of benzene rings is 2. The number of aryl methyl sites for hydroxylation is 2. The minimum absolute atomic E-state index is 0.0661. The van der Waals surface area contributed by atoms with Gasteiger partial charge in [-0.1, -0.05) is 59.6 Å². The number of hydrogen-bond donors (Lipinski definition) is 0. The summed E-state index contributed by atoms with van der Waals surface area (Å²) < 4.78 is 27.3. The van der Waals surface area contributed by atoms with Gasteiger partial charge in [-0.3, -0.25) is 0 Å². The maximum Gasteiger partial charge on any atom is 0.216 e. The van der Waals surface area contributed by atoms with E-state index in [-0.39, 0.29) is 15.0 Å². The van der Waals surface area contributed by atoms with Crippen LogP contribution in [0.2, 0.25) is 5.15 Å². The summed E-state index contributed by atoms with van der Waals surface area (Å²) in [5.41, 5.74) is 2.91. The first-order valence-electron chi connectivity index (χ1n) is 8.53. The maximum absolute atomic E-state index is 12.8. The average Bonchev–Trinajstić information content (AvgIpc) is 2.94. The predicted molar refractivity (Wildman–Crippen MR) is 109 cm³/mol. The van der Waals surface area contributed by atoms with Crippen molar-refractivity contribution in [3.05, 3.63) is 87.0 Å². The Bertz CT molecular complexity index is 1170.